The number of hydrogen-bond acceptors (Lipinski definition) is 2. The third-order valence-electron chi connectivity index (χ3n) is 1.31. The summed E-state index contributed by atoms with van der Waals surface area (Å²) in [7, 11) is 0. The maximum atomic E-state index is 3.66. The van der Waals surface area contributed by atoms with Crippen molar-refractivity contribution in [2.45, 2.75) is 0 Å². The van der Waals surface area contributed by atoms with Gasteiger partial charge in [0.25, 0.3) is 12.7 Å². The van der Waals surface area contributed by atoms with E-state index in [1.165, 1.54) is 5.57 Å². The zero-order valence-electron chi connectivity index (χ0n) is 5.31. The normalized spacial score (nSPS) is 19.2. The quantitative estimate of drug-likeness (QED) is 0.466. The second-order valence-electron chi connectivity index (χ2n) is 2.06. The fourth-order valence-corrected chi connectivity index (χ4v) is 0.741. The van der Waals surface area contributed by atoms with Gasteiger partial charge in [-0.05, 0) is 0 Å². The molecule has 0 spiro atoms. The molecule has 1 aliphatic heterocycles. The molecule has 0 saturated carbocycles. The van der Waals surface area contributed by atoms with Crippen LogP contribution in [0.2, 0.25) is 0 Å². The van der Waals surface area contributed by atoms with E-state index in [4.69, 9.17) is 0 Å². The molecule has 48 valence electrons. The molecule has 0 bridgehead atoms. The number of allylic oxidation sites excluding steroid dienone is 4. The molecule has 0 aromatic carbocycles. The number of nitrogens with zero attached hydrogens (tertiary/aromatic N) is 3. The van der Waals surface area contributed by atoms with Crippen LogP contribution < -0.4 is 0 Å². The van der Waals surface area contributed by atoms with E-state index in [0.29, 0.717) is 0 Å². The van der Waals surface area contributed by atoms with Gasteiger partial charge in [-0.1, -0.05) is 18.2 Å². The van der Waals surface area contributed by atoms with Gasteiger partial charge in [0.05, 0.1) is 16.4 Å². The minimum atomic E-state index is 1.19. The standard InChI is InChI=1S/C7H6N3/c1-2-7(3-1)4-10-5-8-9-6-10/h1-6H/q+1. The maximum Gasteiger partial charge on any atom is 0.273 e. The lowest BCUT2D eigenvalue weighted by Crippen LogP contribution is -2.06. The average Bonchev–Trinajstić information content (AvgIpc) is 2.29. The van der Waals surface area contributed by atoms with Crippen molar-refractivity contribution in [2.75, 3.05) is 0 Å². The molecule has 0 unspecified atom stereocenters. The van der Waals surface area contributed by atoms with Crippen LogP contribution in [0.4, 0.5) is 0 Å². The van der Waals surface area contributed by atoms with Gasteiger partial charge in [-0.15, -0.1) is 0 Å². The molecule has 0 N–H and O–H groups in total. The molecule has 0 amide bonds. The van der Waals surface area contributed by atoms with Crippen molar-refractivity contribution in [2.24, 2.45) is 10.2 Å². The van der Waals surface area contributed by atoms with Crippen LogP contribution in [0, 0.1) is 0 Å². The van der Waals surface area contributed by atoms with Crippen LogP contribution >= 0.6 is 0 Å². The van der Waals surface area contributed by atoms with Gasteiger partial charge in [-0.2, -0.15) is 0 Å². The van der Waals surface area contributed by atoms with Gasteiger partial charge in [0.2, 0.25) is 0 Å². The van der Waals surface area contributed by atoms with Crippen molar-refractivity contribution in [1.82, 2.24) is 0 Å². The molecule has 0 saturated heterocycles. The van der Waals surface area contributed by atoms with Crippen LogP contribution in [0.15, 0.2) is 34.0 Å². The molecule has 0 radical (unpaired) electrons. The van der Waals surface area contributed by atoms with Crippen molar-refractivity contribution >= 4 is 18.9 Å². The predicted octanol–water partition coefficient (Wildman–Crippen LogP) is 0.551. The third-order valence-corrected chi connectivity index (χ3v) is 1.31. The van der Waals surface area contributed by atoms with Gasteiger partial charge < -0.3 is 0 Å². The van der Waals surface area contributed by atoms with E-state index in [1.807, 2.05) is 29.0 Å². The molecule has 10 heavy (non-hydrogen) atoms. The molecule has 1 heterocycles. The zero-order valence-corrected chi connectivity index (χ0v) is 5.31. The van der Waals surface area contributed by atoms with E-state index in [-0.39, 0.29) is 0 Å². The van der Waals surface area contributed by atoms with Crippen molar-refractivity contribution in [3.8, 4) is 0 Å². The molecule has 2 rings (SSSR count). The Morgan fingerprint density at radius 2 is 2.00 bits per heavy atom. The summed E-state index contributed by atoms with van der Waals surface area (Å²) in [6, 6.07) is 0. The maximum absolute atomic E-state index is 3.66. The van der Waals surface area contributed by atoms with Gasteiger partial charge >= 0.3 is 0 Å². The first-order chi connectivity index (χ1) is 4.95. The van der Waals surface area contributed by atoms with Crippen LogP contribution in [0.1, 0.15) is 0 Å². The first-order valence-electron chi connectivity index (χ1n) is 3.02. The average molecular weight is 132 g/mol. The lowest BCUT2D eigenvalue weighted by atomic mass is 10.1. The molecule has 0 aromatic rings. The number of rotatable bonds is 1. The molecular weight excluding hydrogens is 126 g/mol. The topological polar surface area (TPSA) is 27.7 Å². The molecule has 0 atom stereocenters. The van der Waals surface area contributed by atoms with Crippen LogP contribution in [-0.4, -0.2) is 23.5 Å². The fourth-order valence-electron chi connectivity index (χ4n) is 0.741. The zero-order chi connectivity index (χ0) is 6.81. The summed E-state index contributed by atoms with van der Waals surface area (Å²) >= 11 is 0. The molecule has 0 aromatic heterocycles. The van der Waals surface area contributed by atoms with Gasteiger partial charge in [-0.3, -0.25) is 0 Å². The minimum absolute atomic E-state index is 1.19. The molecule has 2 aliphatic rings. The van der Waals surface area contributed by atoms with Crippen LogP contribution in [0.25, 0.3) is 0 Å². The largest absolute Gasteiger partial charge is 0.273 e. The number of hydrogen-bond donors (Lipinski definition) is 0. The van der Waals surface area contributed by atoms with E-state index < -0.39 is 0 Å². The summed E-state index contributed by atoms with van der Waals surface area (Å²) in [6.45, 7) is 0. The Morgan fingerprint density at radius 3 is 2.50 bits per heavy atom. The van der Waals surface area contributed by atoms with E-state index in [1.54, 1.807) is 12.7 Å². The highest BCUT2D eigenvalue weighted by Gasteiger charge is 2.02. The van der Waals surface area contributed by atoms with Crippen LogP contribution in [0.5, 0.6) is 0 Å². The Bertz CT molecular complexity index is 278. The molecule has 0 fully saturated rings. The van der Waals surface area contributed by atoms with E-state index in [9.17, 15) is 0 Å². The summed E-state index contributed by atoms with van der Waals surface area (Å²) in [6.07, 6.45) is 11.3. The third kappa shape index (κ3) is 0.815. The first kappa shape index (κ1) is 5.29. The van der Waals surface area contributed by atoms with Crippen LogP contribution in [0.3, 0.4) is 0 Å². The molecule has 3 nitrogen and oxygen atoms in total. The van der Waals surface area contributed by atoms with Crippen LogP contribution in [-0.2, 0) is 0 Å². The summed E-state index contributed by atoms with van der Waals surface area (Å²) in [5, 5.41) is 7.33. The highest BCUT2D eigenvalue weighted by molar-refractivity contribution is 5.87. The Morgan fingerprint density at radius 1 is 1.30 bits per heavy atom. The smallest absolute Gasteiger partial charge is 0.206 e. The van der Waals surface area contributed by atoms with E-state index in [0.717, 1.165) is 0 Å². The van der Waals surface area contributed by atoms with Crippen molar-refractivity contribution in [1.29, 1.82) is 0 Å². The monoisotopic (exact) mass is 132 g/mol. The lowest BCUT2D eigenvalue weighted by Gasteiger charge is -1.97. The van der Waals surface area contributed by atoms with Gasteiger partial charge in [0, 0.05) is 5.57 Å². The second-order valence-corrected chi connectivity index (χ2v) is 2.06. The van der Waals surface area contributed by atoms with Gasteiger partial charge in [0.1, 0.15) is 0 Å². The Labute approximate surface area is 58.4 Å². The summed E-state index contributed by atoms with van der Waals surface area (Å²) in [4.78, 5) is 0. The lowest BCUT2D eigenvalue weighted by molar-refractivity contribution is -0.232. The molecule has 3 heteroatoms. The van der Waals surface area contributed by atoms with E-state index in [2.05, 4.69) is 10.2 Å². The minimum Gasteiger partial charge on any atom is -0.206 e. The highest BCUT2D eigenvalue weighted by atomic mass is 15.3. The summed E-state index contributed by atoms with van der Waals surface area (Å²) in [5.41, 5.74) is 1.19. The predicted molar refractivity (Wildman–Crippen MR) is 40.5 cm³/mol. The Kier molecular flexibility index (Phi) is 1.07. The Balaban J connectivity index is 2.17. The summed E-state index contributed by atoms with van der Waals surface area (Å²) < 4.78 is 1.81. The van der Waals surface area contributed by atoms with E-state index >= 15 is 0 Å². The van der Waals surface area contributed by atoms with Crippen molar-refractivity contribution in [3.05, 3.63) is 23.8 Å². The second kappa shape index (κ2) is 2.02. The van der Waals surface area contributed by atoms with Crippen molar-refractivity contribution in [3.63, 3.8) is 0 Å². The molecular formula is C7H6N3+. The van der Waals surface area contributed by atoms with Gasteiger partial charge in [-0.25, -0.2) is 4.58 Å². The molecule has 1 aliphatic carbocycles. The fraction of sp³-hybridized carbons (Fsp3) is 0. The van der Waals surface area contributed by atoms with Gasteiger partial charge in [0.15, 0.2) is 0 Å². The van der Waals surface area contributed by atoms with Crippen molar-refractivity contribution < 1.29 is 4.58 Å². The highest BCUT2D eigenvalue weighted by Crippen LogP contribution is 2.03. The Hall–Kier alpha value is -1.51. The summed E-state index contributed by atoms with van der Waals surface area (Å²) in [5.74, 6) is 0. The SMILES string of the molecule is C1=CC(C=[N+]2C=NN=C2)=C1. The first-order valence-corrected chi connectivity index (χ1v) is 3.02.